The Morgan fingerprint density at radius 3 is 1.95 bits per heavy atom. The number of nitrogens with two attached hydrogens (primary N) is 2. The van der Waals surface area contributed by atoms with E-state index in [1.54, 1.807) is 6.07 Å². The molecule has 216 valence electrons. The molecule has 0 amide bonds. The first-order valence-electron chi connectivity index (χ1n) is 12.8. The lowest BCUT2D eigenvalue weighted by Gasteiger charge is -2.22. The number of carbonyl (C=O) groups is 3. The summed E-state index contributed by atoms with van der Waals surface area (Å²) in [5.74, 6) is -2.52. The number of aliphatic carboxylic acids is 2. The molecule has 0 fully saturated rings. The third-order valence-corrected chi connectivity index (χ3v) is 8.41. The Kier molecular flexibility index (Phi) is 14.0. The maximum atomic E-state index is 12.6. The molecule has 0 saturated heterocycles. The minimum atomic E-state index is -1.08. The summed E-state index contributed by atoms with van der Waals surface area (Å²) < 4.78 is 5.03. The normalized spacial score (nSPS) is 11.8. The van der Waals surface area contributed by atoms with Crippen LogP contribution in [0.2, 0.25) is 0 Å². The van der Waals surface area contributed by atoms with Gasteiger partial charge in [-0.2, -0.15) is 0 Å². The van der Waals surface area contributed by atoms with Gasteiger partial charge in [-0.1, -0.05) is 84.3 Å². The molecule has 3 aromatic rings. The number of methoxy groups -OCH3 is 1. The maximum absolute atomic E-state index is 12.6. The van der Waals surface area contributed by atoms with Gasteiger partial charge in [-0.15, -0.1) is 0 Å². The van der Waals surface area contributed by atoms with Crippen LogP contribution in [0, 0.1) is 0 Å². The number of ether oxygens (including phenoxy) is 1. The summed E-state index contributed by atoms with van der Waals surface area (Å²) in [5.41, 5.74) is 19.9. The van der Waals surface area contributed by atoms with E-state index in [0.717, 1.165) is 15.9 Å². The first kappa shape index (κ1) is 32.9. The van der Waals surface area contributed by atoms with E-state index >= 15 is 0 Å². The van der Waals surface area contributed by atoms with E-state index < -0.39 is 37.9 Å². The van der Waals surface area contributed by atoms with E-state index in [-0.39, 0.29) is 6.42 Å². The number of rotatable bonds is 13. The lowest BCUT2D eigenvalue weighted by molar-refractivity contribution is -0.139. The standard InChI is InChI=1S/C23H22NO4P.C6H12N4O2/c1-28-23(27)19-14-16(15-20(24)22(25)26)12-13-21(19)29(17-8-4-2-5-9-17)18-10-6-3-7-11-18;7-5(6(11)12)3-1-2-4-9-10-8/h2-14,20H,15,24H2,1H3,(H,25,26);5H,1-4,7H2,(H,11,12)/t20-;5-/m00/s1. The predicted octanol–water partition coefficient (Wildman–Crippen LogP) is 3.06. The molecule has 0 spiro atoms. The summed E-state index contributed by atoms with van der Waals surface area (Å²) in [6, 6.07) is 23.6. The summed E-state index contributed by atoms with van der Waals surface area (Å²) in [7, 11) is 0.344. The number of esters is 1. The van der Waals surface area contributed by atoms with Gasteiger partial charge in [0.05, 0.1) is 12.7 Å². The van der Waals surface area contributed by atoms with Crippen molar-refractivity contribution in [2.75, 3.05) is 13.7 Å². The molecule has 2 atom stereocenters. The fraction of sp³-hybridized carbons (Fsp3) is 0.276. The molecule has 6 N–H and O–H groups in total. The zero-order valence-corrected chi connectivity index (χ0v) is 23.6. The average molecular weight is 580 g/mol. The summed E-state index contributed by atoms with van der Waals surface area (Å²) in [6.07, 6.45) is 1.92. The molecule has 3 aromatic carbocycles. The van der Waals surface area contributed by atoms with E-state index in [2.05, 4.69) is 10.0 Å². The molecular formula is C29H34N5O6P. The predicted molar refractivity (Wildman–Crippen MR) is 159 cm³/mol. The molecular weight excluding hydrogens is 545 g/mol. The fourth-order valence-corrected chi connectivity index (χ4v) is 6.23. The second kappa shape index (κ2) is 17.4. The van der Waals surface area contributed by atoms with Gasteiger partial charge in [0, 0.05) is 11.5 Å². The lowest BCUT2D eigenvalue weighted by Crippen LogP contribution is -2.32. The van der Waals surface area contributed by atoms with Crippen molar-refractivity contribution >= 4 is 41.7 Å². The minimum Gasteiger partial charge on any atom is -0.480 e. The summed E-state index contributed by atoms with van der Waals surface area (Å²) >= 11 is 0. The first-order valence-corrected chi connectivity index (χ1v) is 14.1. The number of hydrogen-bond acceptors (Lipinski definition) is 7. The van der Waals surface area contributed by atoms with Crippen molar-refractivity contribution in [3.63, 3.8) is 0 Å². The van der Waals surface area contributed by atoms with Gasteiger partial charge in [0.1, 0.15) is 12.1 Å². The van der Waals surface area contributed by atoms with Gasteiger partial charge in [-0.25, -0.2) is 4.79 Å². The second-order valence-corrected chi connectivity index (χ2v) is 11.1. The Morgan fingerprint density at radius 1 is 0.902 bits per heavy atom. The number of carbonyl (C=O) groups excluding carboxylic acids is 1. The number of nitrogens with zero attached hydrogens (tertiary/aromatic N) is 3. The van der Waals surface area contributed by atoms with Gasteiger partial charge in [0.15, 0.2) is 0 Å². The van der Waals surface area contributed by atoms with Gasteiger partial charge in [0.25, 0.3) is 0 Å². The van der Waals surface area contributed by atoms with Crippen molar-refractivity contribution in [2.24, 2.45) is 16.6 Å². The van der Waals surface area contributed by atoms with E-state index in [4.69, 9.17) is 31.9 Å². The van der Waals surface area contributed by atoms with Crippen molar-refractivity contribution in [2.45, 2.75) is 37.8 Å². The Labute approximate surface area is 239 Å². The van der Waals surface area contributed by atoms with Crippen LogP contribution in [0.1, 0.15) is 35.2 Å². The average Bonchev–Trinajstić information content (AvgIpc) is 2.98. The van der Waals surface area contributed by atoms with E-state index in [0.29, 0.717) is 36.9 Å². The second-order valence-electron chi connectivity index (χ2n) is 8.89. The van der Waals surface area contributed by atoms with Gasteiger partial charge in [0.2, 0.25) is 0 Å². The Bertz CT molecular complexity index is 1300. The van der Waals surface area contributed by atoms with Crippen LogP contribution >= 0.6 is 7.92 Å². The Balaban J connectivity index is 0.000000415. The summed E-state index contributed by atoms with van der Waals surface area (Å²) in [5, 5.41) is 23.8. The van der Waals surface area contributed by atoms with Gasteiger partial charge < -0.3 is 26.4 Å². The van der Waals surface area contributed by atoms with Crippen molar-refractivity contribution in [3.05, 3.63) is 100 Å². The molecule has 0 bridgehead atoms. The molecule has 0 saturated carbocycles. The highest BCUT2D eigenvalue weighted by molar-refractivity contribution is 7.80. The number of carboxylic acids is 2. The van der Waals surface area contributed by atoms with Crippen LogP contribution in [0.25, 0.3) is 10.4 Å². The van der Waals surface area contributed by atoms with Gasteiger partial charge in [-0.3, -0.25) is 9.59 Å². The molecule has 0 aliphatic carbocycles. The third-order valence-electron chi connectivity index (χ3n) is 5.91. The topological polar surface area (TPSA) is 202 Å². The summed E-state index contributed by atoms with van der Waals surface area (Å²) in [4.78, 5) is 36.5. The molecule has 0 heterocycles. The molecule has 12 heteroatoms. The minimum absolute atomic E-state index is 0.133. The molecule has 0 unspecified atom stereocenters. The van der Waals surface area contributed by atoms with Crippen molar-refractivity contribution in [3.8, 4) is 0 Å². The van der Waals surface area contributed by atoms with Crippen LogP contribution in [0.4, 0.5) is 0 Å². The Hall–Kier alpha value is -4.27. The molecule has 3 rings (SSSR count). The summed E-state index contributed by atoms with van der Waals surface area (Å²) in [6.45, 7) is 0.406. The van der Waals surface area contributed by atoms with Crippen molar-refractivity contribution in [1.82, 2.24) is 0 Å². The highest BCUT2D eigenvalue weighted by Crippen LogP contribution is 2.34. The number of benzene rings is 3. The van der Waals surface area contributed by atoms with Crippen LogP contribution in [0.3, 0.4) is 0 Å². The number of azide groups is 1. The van der Waals surface area contributed by atoms with Gasteiger partial charge >= 0.3 is 17.9 Å². The van der Waals surface area contributed by atoms with E-state index in [9.17, 15) is 14.4 Å². The van der Waals surface area contributed by atoms with Gasteiger partial charge in [-0.05, 0) is 60.3 Å². The third kappa shape index (κ3) is 10.7. The van der Waals surface area contributed by atoms with E-state index in [1.807, 2.05) is 72.8 Å². The largest absolute Gasteiger partial charge is 0.480 e. The monoisotopic (exact) mass is 579 g/mol. The molecule has 0 aliphatic rings. The van der Waals surface area contributed by atoms with Crippen molar-refractivity contribution < 1.29 is 29.3 Å². The molecule has 11 nitrogen and oxygen atoms in total. The van der Waals surface area contributed by atoms with E-state index in [1.165, 1.54) is 7.11 Å². The van der Waals surface area contributed by atoms with Crippen LogP contribution in [0.5, 0.6) is 0 Å². The van der Waals surface area contributed by atoms with Crippen LogP contribution < -0.4 is 27.4 Å². The SMILES string of the molecule is COC(=O)c1cc(C[C@H](N)C(=O)O)ccc1P(c1ccccc1)c1ccccc1.[N-]=[N+]=NCCCC[C@H](N)C(=O)O. The number of unbranched alkanes of at least 4 members (excludes halogenated alkanes) is 1. The Morgan fingerprint density at radius 2 is 1.46 bits per heavy atom. The lowest BCUT2D eigenvalue weighted by atomic mass is 10.0. The zero-order valence-electron chi connectivity index (χ0n) is 22.7. The van der Waals surface area contributed by atoms with Crippen LogP contribution in [-0.2, 0) is 20.7 Å². The smallest absolute Gasteiger partial charge is 0.338 e. The van der Waals surface area contributed by atoms with Crippen LogP contribution in [-0.4, -0.2) is 53.9 Å². The van der Waals surface area contributed by atoms with Crippen molar-refractivity contribution in [1.29, 1.82) is 0 Å². The first-order chi connectivity index (χ1) is 19.7. The molecule has 41 heavy (non-hydrogen) atoms. The highest BCUT2D eigenvalue weighted by atomic mass is 31.1. The maximum Gasteiger partial charge on any atom is 0.338 e. The molecule has 0 radical (unpaired) electrons. The zero-order chi connectivity index (χ0) is 30.2. The highest BCUT2D eigenvalue weighted by Gasteiger charge is 2.24. The van der Waals surface area contributed by atoms with Crippen LogP contribution in [0.15, 0.2) is 84.0 Å². The molecule has 0 aliphatic heterocycles. The number of hydrogen-bond donors (Lipinski definition) is 4. The fourth-order valence-electron chi connectivity index (χ4n) is 3.82. The number of carboxylic acid groups (broad SMARTS) is 2. The quantitative estimate of drug-likeness (QED) is 0.0590. The molecule has 0 aromatic heterocycles.